The Hall–Kier alpha value is -2.65. The first kappa shape index (κ1) is 21.1. The van der Waals surface area contributed by atoms with Crippen LogP contribution >= 0.6 is 0 Å². The summed E-state index contributed by atoms with van der Waals surface area (Å²) < 4.78 is 33.9. The Labute approximate surface area is 171 Å². The highest BCUT2D eigenvalue weighted by Crippen LogP contribution is 2.21. The molecule has 1 fully saturated rings. The highest BCUT2D eigenvalue weighted by Gasteiger charge is 2.29. The highest BCUT2D eigenvalue weighted by atomic mass is 32.2. The summed E-state index contributed by atoms with van der Waals surface area (Å²) in [6, 6.07) is 6.32. The summed E-state index contributed by atoms with van der Waals surface area (Å²) in [5, 5.41) is 4.34. The molecule has 156 valence electrons. The van der Waals surface area contributed by atoms with E-state index in [2.05, 4.69) is 5.10 Å². The number of carbonyl (C=O) groups is 1. The normalized spacial score (nSPS) is 15.8. The van der Waals surface area contributed by atoms with Crippen molar-refractivity contribution in [1.82, 2.24) is 19.0 Å². The minimum Gasteiger partial charge on any atom is -0.497 e. The Balaban J connectivity index is 1.63. The molecule has 2 aromatic rings. The molecule has 0 aliphatic carbocycles. The van der Waals surface area contributed by atoms with Crippen molar-refractivity contribution in [3.05, 3.63) is 47.3 Å². The van der Waals surface area contributed by atoms with E-state index in [-0.39, 0.29) is 23.9 Å². The van der Waals surface area contributed by atoms with Crippen LogP contribution < -0.4 is 4.74 Å². The molecule has 0 unspecified atom stereocenters. The van der Waals surface area contributed by atoms with Crippen LogP contribution in [-0.4, -0.2) is 66.6 Å². The zero-order valence-electron chi connectivity index (χ0n) is 17.1. The van der Waals surface area contributed by atoms with Crippen LogP contribution in [0.1, 0.15) is 17.0 Å². The second-order valence-electron chi connectivity index (χ2n) is 6.95. The Morgan fingerprint density at radius 2 is 1.72 bits per heavy atom. The average molecular weight is 419 g/mol. The van der Waals surface area contributed by atoms with E-state index in [1.165, 1.54) is 29.6 Å². The van der Waals surface area contributed by atoms with Gasteiger partial charge >= 0.3 is 0 Å². The smallest absolute Gasteiger partial charge is 0.246 e. The van der Waals surface area contributed by atoms with Gasteiger partial charge in [0.1, 0.15) is 5.75 Å². The summed E-state index contributed by atoms with van der Waals surface area (Å²) in [5.41, 5.74) is 2.79. The zero-order valence-corrected chi connectivity index (χ0v) is 17.9. The third-order valence-corrected chi connectivity index (χ3v) is 7.12. The maximum absolute atomic E-state index is 12.8. The van der Waals surface area contributed by atoms with Gasteiger partial charge in [-0.05, 0) is 44.2 Å². The molecule has 2 heterocycles. The number of aromatic nitrogens is 2. The Kier molecular flexibility index (Phi) is 6.09. The molecule has 0 radical (unpaired) electrons. The molecule has 8 nitrogen and oxygen atoms in total. The first-order valence-electron chi connectivity index (χ1n) is 9.35. The average Bonchev–Trinajstić information content (AvgIpc) is 2.97. The summed E-state index contributed by atoms with van der Waals surface area (Å²) >= 11 is 0. The van der Waals surface area contributed by atoms with Gasteiger partial charge in [0.15, 0.2) is 0 Å². The quantitative estimate of drug-likeness (QED) is 0.689. The number of hydrogen-bond acceptors (Lipinski definition) is 5. The second kappa shape index (κ2) is 8.38. The Morgan fingerprint density at radius 1 is 1.10 bits per heavy atom. The highest BCUT2D eigenvalue weighted by molar-refractivity contribution is 7.89. The number of hydrogen-bond donors (Lipinski definition) is 0. The number of rotatable bonds is 5. The predicted octanol–water partition coefficient (Wildman–Crippen LogP) is 1.59. The van der Waals surface area contributed by atoms with Gasteiger partial charge in [-0.2, -0.15) is 9.40 Å². The standard InChI is InChI=1S/C20H26N4O4S/c1-15-19(16(2)22(3)21-15)9-10-20(25)23-11-13-24(14-12-23)29(26,27)18-7-5-17(28-4)6-8-18/h5-10H,11-14H2,1-4H3. The van der Waals surface area contributed by atoms with Crippen molar-refractivity contribution in [3.8, 4) is 5.75 Å². The van der Waals surface area contributed by atoms with Gasteiger partial charge in [0.25, 0.3) is 0 Å². The van der Waals surface area contributed by atoms with Crippen LogP contribution in [-0.2, 0) is 21.9 Å². The van der Waals surface area contributed by atoms with E-state index >= 15 is 0 Å². The number of methoxy groups -OCH3 is 1. The molecule has 0 saturated carbocycles. The van der Waals surface area contributed by atoms with Gasteiger partial charge in [-0.1, -0.05) is 0 Å². The molecule has 1 amide bonds. The van der Waals surface area contributed by atoms with Crippen LogP contribution in [0.3, 0.4) is 0 Å². The molecule has 29 heavy (non-hydrogen) atoms. The van der Waals surface area contributed by atoms with E-state index in [0.717, 1.165) is 17.0 Å². The molecule has 1 aliphatic heterocycles. The lowest BCUT2D eigenvalue weighted by Gasteiger charge is -2.33. The van der Waals surface area contributed by atoms with Crippen molar-refractivity contribution in [1.29, 1.82) is 0 Å². The number of carbonyl (C=O) groups excluding carboxylic acids is 1. The van der Waals surface area contributed by atoms with Crippen LogP contribution in [0.25, 0.3) is 6.08 Å². The first-order valence-corrected chi connectivity index (χ1v) is 10.8. The maximum atomic E-state index is 12.8. The van der Waals surface area contributed by atoms with E-state index in [1.807, 2.05) is 20.9 Å². The molecule has 9 heteroatoms. The topological polar surface area (TPSA) is 84.7 Å². The summed E-state index contributed by atoms with van der Waals surface area (Å²) in [6.45, 7) is 5.08. The fraction of sp³-hybridized carbons (Fsp3) is 0.400. The number of nitrogens with zero attached hydrogens (tertiary/aromatic N) is 4. The van der Waals surface area contributed by atoms with Crippen LogP contribution in [0.5, 0.6) is 5.75 Å². The molecule has 1 aromatic carbocycles. The van der Waals surface area contributed by atoms with Gasteiger partial charge in [0.05, 0.1) is 17.7 Å². The Morgan fingerprint density at radius 3 is 2.24 bits per heavy atom. The Bertz CT molecular complexity index is 1020. The molecule has 1 aromatic heterocycles. The van der Waals surface area contributed by atoms with Crippen molar-refractivity contribution in [2.75, 3.05) is 33.3 Å². The van der Waals surface area contributed by atoms with E-state index in [1.54, 1.807) is 27.8 Å². The molecule has 0 spiro atoms. The monoisotopic (exact) mass is 418 g/mol. The molecule has 1 saturated heterocycles. The minimum absolute atomic E-state index is 0.130. The van der Waals surface area contributed by atoms with Gasteiger partial charge < -0.3 is 9.64 Å². The molecule has 3 rings (SSSR count). The number of ether oxygens (including phenoxy) is 1. The van der Waals surface area contributed by atoms with Gasteiger partial charge in [-0.25, -0.2) is 8.42 Å². The number of sulfonamides is 1. The van der Waals surface area contributed by atoms with Gasteiger partial charge in [-0.15, -0.1) is 0 Å². The van der Waals surface area contributed by atoms with E-state index < -0.39 is 10.0 Å². The fourth-order valence-electron chi connectivity index (χ4n) is 3.34. The third kappa shape index (κ3) is 4.35. The van der Waals surface area contributed by atoms with Crippen molar-refractivity contribution in [2.45, 2.75) is 18.7 Å². The summed E-state index contributed by atoms with van der Waals surface area (Å²) in [4.78, 5) is 14.4. The maximum Gasteiger partial charge on any atom is 0.246 e. The van der Waals surface area contributed by atoms with Gasteiger partial charge in [-0.3, -0.25) is 9.48 Å². The van der Waals surface area contributed by atoms with Crippen LogP contribution in [0, 0.1) is 13.8 Å². The lowest BCUT2D eigenvalue weighted by Crippen LogP contribution is -2.50. The second-order valence-corrected chi connectivity index (χ2v) is 8.88. The van der Waals surface area contributed by atoms with Crippen molar-refractivity contribution < 1.29 is 17.9 Å². The van der Waals surface area contributed by atoms with E-state index in [4.69, 9.17) is 4.74 Å². The molecule has 0 bridgehead atoms. The molecular weight excluding hydrogens is 392 g/mol. The van der Waals surface area contributed by atoms with Gasteiger partial charge in [0, 0.05) is 50.6 Å². The number of piperazine rings is 1. The SMILES string of the molecule is COc1ccc(S(=O)(=O)N2CCN(C(=O)C=Cc3c(C)nn(C)c3C)CC2)cc1. The van der Waals surface area contributed by atoms with Crippen molar-refractivity contribution in [3.63, 3.8) is 0 Å². The fourth-order valence-corrected chi connectivity index (χ4v) is 4.76. The number of aryl methyl sites for hydroxylation is 2. The molecule has 1 aliphatic rings. The van der Waals surface area contributed by atoms with Crippen molar-refractivity contribution >= 4 is 22.0 Å². The molecule has 0 N–H and O–H groups in total. The summed E-state index contributed by atoms with van der Waals surface area (Å²) in [7, 11) is -0.191. The number of benzene rings is 1. The van der Waals surface area contributed by atoms with Crippen molar-refractivity contribution in [2.24, 2.45) is 7.05 Å². The van der Waals surface area contributed by atoms with Gasteiger partial charge in [0.2, 0.25) is 15.9 Å². The van der Waals surface area contributed by atoms with E-state index in [9.17, 15) is 13.2 Å². The molecular formula is C20H26N4O4S. The largest absolute Gasteiger partial charge is 0.497 e. The van der Waals surface area contributed by atoms with E-state index in [0.29, 0.717) is 18.8 Å². The lowest BCUT2D eigenvalue weighted by molar-refractivity contribution is -0.127. The lowest BCUT2D eigenvalue weighted by atomic mass is 10.2. The molecule has 0 atom stereocenters. The number of amides is 1. The van der Waals surface area contributed by atoms with Crippen LogP contribution in [0.2, 0.25) is 0 Å². The zero-order chi connectivity index (χ0) is 21.2. The summed E-state index contributed by atoms with van der Waals surface area (Å²) in [5.74, 6) is 0.472. The third-order valence-electron chi connectivity index (χ3n) is 5.21. The van der Waals surface area contributed by atoms with Crippen LogP contribution in [0.4, 0.5) is 0 Å². The first-order chi connectivity index (χ1) is 13.7. The predicted molar refractivity (Wildman–Crippen MR) is 110 cm³/mol. The summed E-state index contributed by atoms with van der Waals surface area (Å²) in [6.07, 6.45) is 3.31. The minimum atomic E-state index is -3.59. The van der Waals surface area contributed by atoms with Crippen LogP contribution in [0.15, 0.2) is 35.2 Å².